The number of tetrazole rings is 1. The molecule has 29 heavy (non-hydrogen) atoms. The lowest BCUT2D eigenvalue weighted by Crippen LogP contribution is -2.47. The fraction of sp³-hybridized carbons (Fsp3) is 0.579. The number of thioether (sulfide) groups is 1. The Bertz CT molecular complexity index is 989. The Morgan fingerprint density at radius 3 is 2.76 bits per heavy atom. The number of aryl methyl sites for hydroxylation is 2. The van der Waals surface area contributed by atoms with E-state index in [-0.39, 0.29) is 35.2 Å². The topological polar surface area (TPSA) is 98.1 Å². The molecule has 1 amide bonds. The Balaban J connectivity index is 1.75. The molecule has 2 heterocycles. The minimum Gasteiger partial charge on any atom is -0.335 e. The number of aromatic nitrogens is 4. The predicted molar refractivity (Wildman–Crippen MR) is 113 cm³/mol. The van der Waals surface area contributed by atoms with Gasteiger partial charge in [-0.3, -0.25) is 4.79 Å². The van der Waals surface area contributed by atoms with Crippen molar-refractivity contribution < 1.29 is 13.2 Å². The van der Waals surface area contributed by atoms with Crippen LogP contribution in [0.2, 0.25) is 0 Å². The van der Waals surface area contributed by atoms with Crippen molar-refractivity contribution in [2.45, 2.75) is 57.8 Å². The van der Waals surface area contributed by atoms with Crippen molar-refractivity contribution in [1.82, 2.24) is 25.1 Å². The van der Waals surface area contributed by atoms with Gasteiger partial charge in [-0.05, 0) is 55.7 Å². The van der Waals surface area contributed by atoms with E-state index in [1.165, 1.54) is 11.8 Å². The van der Waals surface area contributed by atoms with Crippen molar-refractivity contribution in [3.8, 4) is 5.69 Å². The number of amides is 1. The number of hydrogen-bond donors (Lipinski definition) is 0. The van der Waals surface area contributed by atoms with Crippen molar-refractivity contribution in [2.24, 2.45) is 0 Å². The van der Waals surface area contributed by atoms with E-state index in [0.717, 1.165) is 23.2 Å². The monoisotopic (exact) mass is 437 g/mol. The van der Waals surface area contributed by atoms with Crippen LogP contribution in [0, 0.1) is 13.8 Å². The maximum absolute atomic E-state index is 13.0. The third-order valence-corrected chi connectivity index (χ3v) is 7.96. The molecule has 1 aromatic heterocycles. The van der Waals surface area contributed by atoms with Crippen LogP contribution >= 0.6 is 11.8 Å². The number of nitrogens with zero attached hydrogens (tertiary/aromatic N) is 5. The highest BCUT2D eigenvalue weighted by atomic mass is 32.2. The molecular formula is C19H27N5O3S2. The van der Waals surface area contributed by atoms with Crippen LogP contribution in [-0.2, 0) is 14.6 Å². The fourth-order valence-corrected chi connectivity index (χ4v) is 6.13. The summed E-state index contributed by atoms with van der Waals surface area (Å²) in [7, 11) is -3.06. The summed E-state index contributed by atoms with van der Waals surface area (Å²) in [5, 5.41) is 12.5. The second-order valence-corrected chi connectivity index (χ2v) is 10.7. The average molecular weight is 438 g/mol. The Morgan fingerprint density at radius 1 is 1.38 bits per heavy atom. The van der Waals surface area contributed by atoms with Gasteiger partial charge in [0.1, 0.15) is 0 Å². The van der Waals surface area contributed by atoms with Gasteiger partial charge >= 0.3 is 0 Å². The van der Waals surface area contributed by atoms with Crippen molar-refractivity contribution in [1.29, 1.82) is 0 Å². The van der Waals surface area contributed by atoms with Crippen LogP contribution in [0.1, 0.15) is 37.8 Å². The van der Waals surface area contributed by atoms with Crippen LogP contribution in [-0.4, -0.2) is 68.8 Å². The summed E-state index contributed by atoms with van der Waals surface area (Å²) in [6.45, 7) is 7.99. The Morgan fingerprint density at radius 2 is 2.14 bits per heavy atom. The summed E-state index contributed by atoms with van der Waals surface area (Å²) < 4.78 is 25.5. The summed E-state index contributed by atoms with van der Waals surface area (Å²) in [6, 6.07) is 5.74. The molecule has 10 heteroatoms. The van der Waals surface area contributed by atoms with Gasteiger partial charge in [0.15, 0.2) is 9.84 Å². The molecule has 3 rings (SSSR count). The molecule has 0 bridgehead atoms. The molecule has 2 atom stereocenters. The van der Waals surface area contributed by atoms with Gasteiger partial charge in [-0.15, -0.1) is 5.10 Å². The quantitative estimate of drug-likeness (QED) is 0.612. The first-order valence-electron chi connectivity index (χ1n) is 9.72. The van der Waals surface area contributed by atoms with Gasteiger partial charge in [0.2, 0.25) is 11.1 Å². The first kappa shape index (κ1) is 21.8. The SMILES string of the molecule is CC[C@H](C)N(C(=O)CSc1nnnn1-c1ccc(C)cc1C)[C@@H]1CCS(=O)(=O)C1. The third-order valence-electron chi connectivity index (χ3n) is 5.30. The van der Waals surface area contributed by atoms with E-state index in [1.54, 1.807) is 9.58 Å². The minimum atomic E-state index is -3.06. The molecule has 0 N–H and O–H groups in total. The maximum atomic E-state index is 13.0. The van der Waals surface area contributed by atoms with Crippen LogP contribution in [0.3, 0.4) is 0 Å². The normalized spacial score (nSPS) is 19.2. The largest absolute Gasteiger partial charge is 0.335 e. The molecule has 0 aliphatic carbocycles. The van der Waals surface area contributed by atoms with Crippen LogP contribution in [0.5, 0.6) is 0 Å². The van der Waals surface area contributed by atoms with E-state index in [1.807, 2.05) is 39.8 Å². The van der Waals surface area contributed by atoms with Gasteiger partial charge in [0, 0.05) is 12.1 Å². The molecule has 1 saturated heterocycles. The van der Waals surface area contributed by atoms with E-state index in [2.05, 4.69) is 21.6 Å². The highest BCUT2D eigenvalue weighted by Crippen LogP contribution is 2.25. The first-order valence-corrected chi connectivity index (χ1v) is 12.5. The summed E-state index contributed by atoms with van der Waals surface area (Å²) in [5.41, 5.74) is 3.07. The molecule has 0 radical (unpaired) electrons. The lowest BCUT2D eigenvalue weighted by atomic mass is 10.1. The smallest absolute Gasteiger partial charge is 0.233 e. The number of carbonyl (C=O) groups excluding carboxylic acids is 1. The zero-order chi connectivity index (χ0) is 21.2. The molecule has 0 saturated carbocycles. The third kappa shape index (κ3) is 4.98. The van der Waals surface area contributed by atoms with Crippen molar-refractivity contribution in [3.05, 3.63) is 29.3 Å². The lowest BCUT2D eigenvalue weighted by Gasteiger charge is -2.33. The number of benzene rings is 1. The first-order chi connectivity index (χ1) is 13.7. The van der Waals surface area contributed by atoms with Gasteiger partial charge in [0.05, 0.1) is 22.9 Å². The van der Waals surface area contributed by atoms with E-state index in [9.17, 15) is 13.2 Å². The molecular weight excluding hydrogens is 410 g/mol. The van der Waals surface area contributed by atoms with Gasteiger partial charge < -0.3 is 4.90 Å². The van der Waals surface area contributed by atoms with Crippen LogP contribution in [0.4, 0.5) is 0 Å². The number of sulfone groups is 1. The van der Waals surface area contributed by atoms with Gasteiger partial charge in [-0.1, -0.05) is 36.4 Å². The maximum Gasteiger partial charge on any atom is 0.233 e. The second kappa shape index (κ2) is 8.83. The minimum absolute atomic E-state index is 0.0169. The van der Waals surface area contributed by atoms with Crippen LogP contribution in [0.15, 0.2) is 23.4 Å². The molecule has 1 fully saturated rings. The highest BCUT2D eigenvalue weighted by molar-refractivity contribution is 7.99. The average Bonchev–Trinajstić information content (AvgIpc) is 3.26. The molecule has 1 aromatic carbocycles. The van der Waals surface area contributed by atoms with Gasteiger partial charge in [-0.2, -0.15) is 4.68 Å². The van der Waals surface area contributed by atoms with E-state index >= 15 is 0 Å². The van der Waals surface area contributed by atoms with E-state index < -0.39 is 9.84 Å². The van der Waals surface area contributed by atoms with Crippen LogP contribution in [0.25, 0.3) is 5.69 Å². The molecule has 158 valence electrons. The standard InChI is InChI=1S/C19H27N5O3S2/c1-5-15(4)23(16-8-9-29(26,27)12-16)18(25)11-28-19-20-21-22-24(19)17-7-6-13(2)10-14(17)3/h6-7,10,15-16H,5,8-9,11-12H2,1-4H3/t15-,16+/m0/s1. The zero-order valence-corrected chi connectivity index (χ0v) is 18.8. The van der Waals surface area contributed by atoms with E-state index in [0.29, 0.717) is 11.6 Å². The molecule has 1 aliphatic rings. The molecule has 0 spiro atoms. The molecule has 1 aliphatic heterocycles. The summed E-state index contributed by atoms with van der Waals surface area (Å²) >= 11 is 1.27. The fourth-order valence-electron chi connectivity index (χ4n) is 3.66. The summed E-state index contributed by atoms with van der Waals surface area (Å²) in [6.07, 6.45) is 1.27. The predicted octanol–water partition coefficient (Wildman–Crippen LogP) is 2.19. The zero-order valence-electron chi connectivity index (χ0n) is 17.2. The van der Waals surface area contributed by atoms with E-state index in [4.69, 9.17) is 0 Å². The van der Waals surface area contributed by atoms with Gasteiger partial charge in [0.25, 0.3) is 0 Å². The van der Waals surface area contributed by atoms with Crippen molar-refractivity contribution in [2.75, 3.05) is 17.3 Å². The van der Waals surface area contributed by atoms with Crippen molar-refractivity contribution >= 4 is 27.5 Å². The molecule has 0 unspecified atom stereocenters. The number of rotatable bonds is 7. The van der Waals surface area contributed by atoms with Crippen molar-refractivity contribution in [3.63, 3.8) is 0 Å². The Labute approximate surface area is 176 Å². The highest BCUT2D eigenvalue weighted by Gasteiger charge is 2.36. The lowest BCUT2D eigenvalue weighted by molar-refractivity contribution is -0.132. The summed E-state index contributed by atoms with van der Waals surface area (Å²) in [4.78, 5) is 14.8. The number of hydrogen-bond acceptors (Lipinski definition) is 7. The molecule has 2 aromatic rings. The summed E-state index contributed by atoms with van der Waals surface area (Å²) in [5.74, 6) is 0.276. The second-order valence-electron chi connectivity index (χ2n) is 7.57. The van der Waals surface area contributed by atoms with Gasteiger partial charge in [-0.25, -0.2) is 8.42 Å². The Kier molecular flexibility index (Phi) is 6.62. The Hall–Kier alpha value is -1.94. The molecule has 8 nitrogen and oxygen atoms in total. The van der Waals surface area contributed by atoms with Crippen LogP contribution < -0.4 is 0 Å². The number of carbonyl (C=O) groups is 1.